The highest BCUT2D eigenvalue weighted by Crippen LogP contribution is 2.39. The molecule has 0 N–H and O–H groups in total. The van der Waals surface area contributed by atoms with Gasteiger partial charge in [0.1, 0.15) is 0 Å². The van der Waals surface area contributed by atoms with Crippen molar-refractivity contribution in [2.45, 2.75) is 23.5 Å². The summed E-state index contributed by atoms with van der Waals surface area (Å²) < 4.78 is 5.71. The summed E-state index contributed by atoms with van der Waals surface area (Å²) in [5, 5.41) is 0. The first-order valence-electron chi connectivity index (χ1n) is 5.40. The lowest BCUT2D eigenvalue weighted by atomic mass is 10.2. The molecule has 0 saturated carbocycles. The summed E-state index contributed by atoms with van der Waals surface area (Å²) in [6.45, 7) is 0.646. The molecule has 3 atom stereocenters. The lowest BCUT2D eigenvalue weighted by molar-refractivity contribution is -0.133. The minimum atomic E-state index is -0.193. The van der Waals surface area contributed by atoms with E-state index in [2.05, 4.69) is 15.9 Å². The molecule has 1 aromatic carbocycles. The van der Waals surface area contributed by atoms with E-state index < -0.39 is 0 Å². The maximum atomic E-state index is 12.0. The molecule has 4 heteroatoms. The molecule has 1 aromatic rings. The molecule has 0 aromatic heterocycles. The van der Waals surface area contributed by atoms with E-state index in [-0.39, 0.29) is 23.0 Å². The van der Waals surface area contributed by atoms with Crippen LogP contribution in [-0.2, 0) is 9.53 Å². The molecule has 0 bridgehead atoms. The van der Waals surface area contributed by atoms with E-state index in [1.54, 1.807) is 0 Å². The van der Waals surface area contributed by atoms with Gasteiger partial charge in [-0.25, -0.2) is 0 Å². The number of hydrogen-bond acceptors (Lipinski definition) is 2. The number of carbonyl (C=O) groups excluding carboxylic acids is 1. The molecule has 84 valence electrons. The molecular formula is C12H12BrNO2. The van der Waals surface area contributed by atoms with Gasteiger partial charge in [-0.2, -0.15) is 0 Å². The predicted octanol–water partition coefficient (Wildman–Crippen LogP) is 2.08. The Kier molecular flexibility index (Phi) is 2.48. The van der Waals surface area contributed by atoms with Gasteiger partial charge in [-0.15, -0.1) is 0 Å². The van der Waals surface area contributed by atoms with Crippen LogP contribution in [0.1, 0.15) is 18.2 Å². The Morgan fingerprint density at radius 2 is 2.06 bits per heavy atom. The molecule has 0 radical (unpaired) electrons. The van der Waals surface area contributed by atoms with Crippen molar-refractivity contribution in [3.8, 4) is 0 Å². The summed E-state index contributed by atoms with van der Waals surface area (Å²) in [5.41, 5.74) is 1.06. The molecule has 3 nitrogen and oxygen atoms in total. The van der Waals surface area contributed by atoms with Gasteiger partial charge in [0.2, 0.25) is 5.91 Å². The molecule has 2 heterocycles. The van der Waals surface area contributed by atoms with Gasteiger partial charge in [-0.05, 0) is 6.42 Å². The normalized spacial score (nSPS) is 33.2. The van der Waals surface area contributed by atoms with Crippen molar-refractivity contribution in [1.29, 1.82) is 0 Å². The van der Waals surface area contributed by atoms with Crippen molar-refractivity contribution in [3.63, 3.8) is 0 Å². The first-order valence-corrected chi connectivity index (χ1v) is 6.32. The summed E-state index contributed by atoms with van der Waals surface area (Å²) in [6, 6.07) is 10.1. The van der Waals surface area contributed by atoms with Crippen LogP contribution in [0, 0.1) is 0 Å². The zero-order valence-electron chi connectivity index (χ0n) is 8.67. The second kappa shape index (κ2) is 3.86. The van der Waals surface area contributed by atoms with Gasteiger partial charge < -0.3 is 9.64 Å². The summed E-state index contributed by atoms with van der Waals surface area (Å²) >= 11 is 3.41. The number of rotatable bonds is 1. The summed E-state index contributed by atoms with van der Waals surface area (Å²) in [4.78, 5) is 13.8. The minimum absolute atomic E-state index is 0.0346. The summed E-state index contributed by atoms with van der Waals surface area (Å²) in [7, 11) is 0. The van der Waals surface area contributed by atoms with Crippen LogP contribution in [0.3, 0.4) is 0 Å². The third-order valence-corrected chi connectivity index (χ3v) is 3.94. The van der Waals surface area contributed by atoms with Gasteiger partial charge in [-0.3, -0.25) is 4.79 Å². The van der Waals surface area contributed by atoms with Crippen LogP contribution in [0.4, 0.5) is 0 Å². The van der Waals surface area contributed by atoms with Crippen LogP contribution in [0.25, 0.3) is 0 Å². The first kappa shape index (κ1) is 10.3. The number of halogens is 1. The predicted molar refractivity (Wildman–Crippen MR) is 63.1 cm³/mol. The minimum Gasteiger partial charge on any atom is -0.352 e. The number of benzene rings is 1. The highest BCUT2D eigenvalue weighted by molar-refractivity contribution is 9.10. The van der Waals surface area contributed by atoms with Crippen LogP contribution in [0.15, 0.2) is 30.3 Å². The number of carbonyl (C=O) groups is 1. The Morgan fingerprint density at radius 1 is 1.31 bits per heavy atom. The maximum Gasteiger partial charge on any atom is 0.239 e. The zero-order valence-corrected chi connectivity index (χ0v) is 10.3. The molecule has 0 spiro atoms. The van der Waals surface area contributed by atoms with Gasteiger partial charge in [-0.1, -0.05) is 46.3 Å². The van der Waals surface area contributed by atoms with Crippen LogP contribution in [0.5, 0.6) is 0 Å². The number of amides is 1. The van der Waals surface area contributed by atoms with E-state index in [0.717, 1.165) is 12.0 Å². The standard InChI is InChI=1S/C12H12BrNO2/c13-10-6-9-7-16-12(14(9)11(10)15)8-4-2-1-3-5-8/h1-5,9-10,12H,6-7H2/t9-,10+,12?/m0/s1. The quantitative estimate of drug-likeness (QED) is 0.738. The average Bonchev–Trinajstić information content (AvgIpc) is 2.83. The van der Waals surface area contributed by atoms with Crippen molar-refractivity contribution in [2.75, 3.05) is 6.61 Å². The van der Waals surface area contributed by atoms with Crippen molar-refractivity contribution in [3.05, 3.63) is 35.9 Å². The number of nitrogens with zero attached hydrogens (tertiary/aromatic N) is 1. The topological polar surface area (TPSA) is 29.5 Å². The van der Waals surface area contributed by atoms with Crippen molar-refractivity contribution < 1.29 is 9.53 Å². The van der Waals surface area contributed by atoms with E-state index in [1.165, 1.54) is 0 Å². The van der Waals surface area contributed by atoms with Gasteiger partial charge in [0, 0.05) is 5.56 Å². The van der Waals surface area contributed by atoms with E-state index in [1.807, 2.05) is 35.2 Å². The Morgan fingerprint density at radius 3 is 2.81 bits per heavy atom. The Bertz CT molecular complexity index is 409. The van der Waals surface area contributed by atoms with E-state index in [4.69, 9.17) is 4.74 Å². The molecule has 1 unspecified atom stereocenters. The monoisotopic (exact) mass is 281 g/mol. The molecule has 2 saturated heterocycles. The van der Waals surface area contributed by atoms with Crippen molar-refractivity contribution in [2.24, 2.45) is 0 Å². The zero-order chi connectivity index (χ0) is 11.1. The molecule has 16 heavy (non-hydrogen) atoms. The van der Waals surface area contributed by atoms with Gasteiger partial charge in [0.15, 0.2) is 6.23 Å². The molecule has 2 aliphatic heterocycles. The van der Waals surface area contributed by atoms with E-state index in [9.17, 15) is 4.79 Å². The average molecular weight is 282 g/mol. The lowest BCUT2D eigenvalue weighted by Gasteiger charge is -2.22. The second-order valence-corrected chi connectivity index (χ2v) is 5.30. The fourth-order valence-corrected chi connectivity index (χ4v) is 3.08. The Balaban J connectivity index is 1.91. The number of ether oxygens (including phenoxy) is 1. The first-order chi connectivity index (χ1) is 7.77. The van der Waals surface area contributed by atoms with Crippen molar-refractivity contribution in [1.82, 2.24) is 4.90 Å². The van der Waals surface area contributed by atoms with Crippen LogP contribution < -0.4 is 0 Å². The van der Waals surface area contributed by atoms with Gasteiger partial charge in [0.05, 0.1) is 17.5 Å². The lowest BCUT2D eigenvalue weighted by Crippen LogP contribution is -2.32. The number of alkyl halides is 1. The summed E-state index contributed by atoms with van der Waals surface area (Å²) in [6.07, 6.45) is 0.656. The molecule has 2 aliphatic rings. The van der Waals surface area contributed by atoms with Gasteiger partial charge in [0.25, 0.3) is 0 Å². The van der Waals surface area contributed by atoms with Crippen molar-refractivity contribution >= 4 is 21.8 Å². The number of fused-ring (bicyclic) bond motifs is 1. The fraction of sp³-hybridized carbons (Fsp3) is 0.417. The van der Waals surface area contributed by atoms with Crippen LogP contribution in [0.2, 0.25) is 0 Å². The highest BCUT2D eigenvalue weighted by Gasteiger charge is 2.47. The van der Waals surface area contributed by atoms with Gasteiger partial charge >= 0.3 is 0 Å². The number of hydrogen-bond donors (Lipinski definition) is 0. The fourth-order valence-electron chi connectivity index (χ4n) is 2.41. The third-order valence-electron chi connectivity index (χ3n) is 3.18. The third kappa shape index (κ3) is 1.48. The Hall–Kier alpha value is -0.870. The molecular weight excluding hydrogens is 270 g/mol. The van der Waals surface area contributed by atoms with E-state index >= 15 is 0 Å². The smallest absolute Gasteiger partial charge is 0.239 e. The molecule has 1 amide bonds. The highest BCUT2D eigenvalue weighted by atomic mass is 79.9. The molecule has 2 fully saturated rings. The molecule has 0 aliphatic carbocycles. The molecule has 3 rings (SSSR count). The maximum absolute atomic E-state index is 12.0. The van der Waals surface area contributed by atoms with Crippen LogP contribution in [-0.4, -0.2) is 28.3 Å². The van der Waals surface area contributed by atoms with Crippen LogP contribution >= 0.6 is 15.9 Å². The summed E-state index contributed by atoms with van der Waals surface area (Å²) in [5.74, 6) is 0.149. The van der Waals surface area contributed by atoms with E-state index in [0.29, 0.717) is 6.61 Å². The second-order valence-electron chi connectivity index (χ2n) is 4.20. The SMILES string of the molecule is O=C1[C@H](Br)C[C@H]2COC(c3ccccc3)N12. The Labute approximate surface area is 103 Å². The largest absolute Gasteiger partial charge is 0.352 e.